The number of nitrogens with zero attached hydrogens (tertiary/aromatic N) is 5. The van der Waals surface area contributed by atoms with E-state index >= 15 is 0 Å². The first-order valence-electron chi connectivity index (χ1n) is 9.34. The van der Waals surface area contributed by atoms with Crippen molar-refractivity contribution in [3.8, 4) is 17.1 Å². The minimum atomic E-state index is -0.214. The van der Waals surface area contributed by atoms with Gasteiger partial charge in [-0.2, -0.15) is 5.10 Å². The van der Waals surface area contributed by atoms with Gasteiger partial charge in [0.1, 0.15) is 0 Å². The van der Waals surface area contributed by atoms with Gasteiger partial charge in [-0.05, 0) is 24.3 Å². The van der Waals surface area contributed by atoms with Crippen molar-refractivity contribution >= 4 is 23.9 Å². The van der Waals surface area contributed by atoms with E-state index in [1.54, 1.807) is 6.21 Å². The molecule has 0 aliphatic rings. The maximum atomic E-state index is 12.2. The average molecular weight is 417 g/mol. The van der Waals surface area contributed by atoms with Crippen LogP contribution in [-0.2, 0) is 11.8 Å². The lowest BCUT2D eigenvalue weighted by molar-refractivity contribution is -0.118. The zero-order valence-corrected chi connectivity index (χ0v) is 17.2. The third kappa shape index (κ3) is 4.49. The first-order chi connectivity index (χ1) is 14.7. The van der Waals surface area contributed by atoms with Crippen LogP contribution in [0.5, 0.6) is 0 Å². The van der Waals surface area contributed by atoms with E-state index in [0.29, 0.717) is 5.16 Å². The standard InChI is InChI=1S/C22H20N6OS/c1-27-14-8-13-19(27)15-23-24-20(29)16-30-22-26-25-21(17-9-4-2-5-10-17)28(22)18-11-6-3-7-12-18/h2-15H,16H2,1H3,(H,24,29). The summed E-state index contributed by atoms with van der Waals surface area (Å²) in [5.41, 5.74) is 5.35. The van der Waals surface area contributed by atoms with Crippen LogP contribution in [0.2, 0.25) is 0 Å². The lowest BCUT2D eigenvalue weighted by Gasteiger charge is -2.10. The van der Waals surface area contributed by atoms with Gasteiger partial charge in [0.2, 0.25) is 0 Å². The summed E-state index contributed by atoms with van der Waals surface area (Å²) < 4.78 is 3.87. The molecule has 30 heavy (non-hydrogen) atoms. The fraction of sp³-hybridized carbons (Fsp3) is 0.0909. The summed E-state index contributed by atoms with van der Waals surface area (Å²) in [7, 11) is 1.92. The highest BCUT2D eigenvalue weighted by atomic mass is 32.2. The van der Waals surface area contributed by atoms with E-state index in [1.807, 2.05) is 95.2 Å². The first-order valence-corrected chi connectivity index (χ1v) is 10.3. The lowest BCUT2D eigenvalue weighted by Crippen LogP contribution is -2.20. The van der Waals surface area contributed by atoms with Gasteiger partial charge in [0.05, 0.1) is 17.7 Å². The number of para-hydroxylation sites is 1. The molecule has 1 N–H and O–H groups in total. The molecule has 2 aromatic heterocycles. The number of benzene rings is 2. The summed E-state index contributed by atoms with van der Waals surface area (Å²) in [4.78, 5) is 12.2. The van der Waals surface area contributed by atoms with Crippen LogP contribution in [0.3, 0.4) is 0 Å². The van der Waals surface area contributed by atoms with Crippen LogP contribution in [0.25, 0.3) is 17.1 Å². The van der Waals surface area contributed by atoms with Gasteiger partial charge in [-0.25, -0.2) is 5.43 Å². The zero-order valence-electron chi connectivity index (χ0n) is 16.3. The predicted octanol–water partition coefficient (Wildman–Crippen LogP) is 3.52. The van der Waals surface area contributed by atoms with E-state index in [2.05, 4.69) is 20.7 Å². The van der Waals surface area contributed by atoms with Gasteiger partial charge in [-0.3, -0.25) is 9.36 Å². The Kier molecular flexibility index (Phi) is 6.05. The van der Waals surface area contributed by atoms with Gasteiger partial charge < -0.3 is 4.57 Å². The molecule has 0 saturated carbocycles. The molecule has 0 fully saturated rings. The Morgan fingerprint density at radius 1 is 1.03 bits per heavy atom. The monoisotopic (exact) mass is 416 g/mol. The average Bonchev–Trinajstić information content (AvgIpc) is 3.40. The van der Waals surface area contributed by atoms with Gasteiger partial charge in [0.15, 0.2) is 11.0 Å². The van der Waals surface area contributed by atoms with E-state index in [9.17, 15) is 4.79 Å². The maximum absolute atomic E-state index is 12.2. The first kappa shape index (κ1) is 19.7. The number of hydrogen-bond donors (Lipinski definition) is 1. The number of aromatic nitrogens is 4. The summed E-state index contributed by atoms with van der Waals surface area (Å²) in [6, 6.07) is 23.6. The van der Waals surface area contributed by atoms with Crippen molar-refractivity contribution < 1.29 is 4.79 Å². The van der Waals surface area contributed by atoms with Crippen LogP contribution in [-0.4, -0.2) is 37.2 Å². The molecule has 2 heterocycles. The molecule has 7 nitrogen and oxygen atoms in total. The number of hydrazone groups is 1. The summed E-state index contributed by atoms with van der Waals surface area (Å²) in [6.07, 6.45) is 3.53. The highest BCUT2D eigenvalue weighted by molar-refractivity contribution is 7.99. The fourth-order valence-electron chi connectivity index (χ4n) is 2.89. The minimum absolute atomic E-state index is 0.171. The topological polar surface area (TPSA) is 77.1 Å². The molecule has 0 spiro atoms. The zero-order chi connectivity index (χ0) is 20.8. The van der Waals surface area contributed by atoms with Gasteiger partial charge in [0, 0.05) is 24.5 Å². The van der Waals surface area contributed by atoms with E-state index < -0.39 is 0 Å². The number of rotatable bonds is 7. The third-order valence-electron chi connectivity index (χ3n) is 4.38. The van der Waals surface area contributed by atoms with Crippen molar-refractivity contribution in [2.75, 3.05) is 5.75 Å². The molecule has 4 aromatic rings. The fourth-order valence-corrected chi connectivity index (χ4v) is 3.63. The summed E-state index contributed by atoms with van der Waals surface area (Å²) in [5.74, 6) is 0.685. The van der Waals surface area contributed by atoms with Gasteiger partial charge in [-0.1, -0.05) is 60.3 Å². The number of hydrogen-bond acceptors (Lipinski definition) is 5. The highest BCUT2D eigenvalue weighted by Gasteiger charge is 2.16. The normalized spacial score (nSPS) is 11.1. The number of nitrogens with one attached hydrogen (secondary N) is 1. The molecule has 1 amide bonds. The Morgan fingerprint density at radius 3 is 2.47 bits per heavy atom. The van der Waals surface area contributed by atoms with Gasteiger partial charge in [0.25, 0.3) is 5.91 Å². The number of thioether (sulfide) groups is 1. The van der Waals surface area contributed by atoms with Crippen molar-refractivity contribution in [3.05, 3.63) is 84.7 Å². The smallest absolute Gasteiger partial charge is 0.250 e. The second-order valence-electron chi connectivity index (χ2n) is 6.47. The second kappa shape index (κ2) is 9.23. The Morgan fingerprint density at radius 2 is 1.77 bits per heavy atom. The molecule has 2 aromatic carbocycles. The quantitative estimate of drug-likeness (QED) is 0.284. The van der Waals surface area contributed by atoms with Crippen molar-refractivity contribution in [3.63, 3.8) is 0 Å². The largest absolute Gasteiger partial charge is 0.350 e. The summed E-state index contributed by atoms with van der Waals surface area (Å²) in [5, 5.41) is 13.4. The number of carbonyl (C=O) groups is 1. The number of carbonyl (C=O) groups excluding carboxylic acids is 1. The number of aryl methyl sites for hydroxylation is 1. The van der Waals surface area contributed by atoms with Crippen LogP contribution in [0, 0.1) is 0 Å². The van der Waals surface area contributed by atoms with Crippen LogP contribution < -0.4 is 5.43 Å². The molecular formula is C22H20N6OS. The third-order valence-corrected chi connectivity index (χ3v) is 5.31. The SMILES string of the molecule is Cn1cccc1C=NNC(=O)CSc1nnc(-c2ccccc2)n1-c1ccccc1. The van der Waals surface area contributed by atoms with E-state index in [4.69, 9.17) is 0 Å². The van der Waals surface area contributed by atoms with Crippen molar-refractivity contribution in [2.24, 2.45) is 12.1 Å². The van der Waals surface area contributed by atoms with Crippen molar-refractivity contribution in [2.45, 2.75) is 5.16 Å². The van der Waals surface area contributed by atoms with Crippen molar-refractivity contribution in [1.82, 2.24) is 24.8 Å². The Bertz CT molecular complexity index is 1150. The van der Waals surface area contributed by atoms with Crippen LogP contribution in [0.4, 0.5) is 0 Å². The molecule has 0 atom stereocenters. The molecule has 0 saturated heterocycles. The molecule has 8 heteroatoms. The summed E-state index contributed by atoms with van der Waals surface area (Å²) >= 11 is 1.31. The lowest BCUT2D eigenvalue weighted by atomic mass is 10.2. The van der Waals surface area contributed by atoms with E-state index in [-0.39, 0.29) is 11.7 Å². The Hall–Kier alpha value is -3.65. The maximum Gasteiger partial charge on any atom is 0.250 e. The molecule has 4 rings (SSSR count). The molecule has 150 valence electrons. The molecule has 0 bridgehead atoms. The van der Waals surface area contributed by atoms with E-state index in [1.165, 1.54) is 11.8 Å². The predicted molar refractivity (Wildman–Crippen MR) is 119 cm³/mol. The molecule has 0 radical (unpaired) electrons. The molecule has 0 unspecified atom stereocenters. The summed E-state index contributed by atoms with van der Waals surface area (Å²) in [6.45, 7) is 0. The Labute approximate surface area is 178 Å². The minimum Gasteiger partial charge on any atom is -0.350 e. The molecule has 0 aliphatic carbocycles. The molecular weight excluding hydrogens is 396 g/mol. The van der Waals surface area contributed by atoms with Gasteiger partial charge >= 0.3 is 0 Å². The Balaban J connectivity index is 1.50. The second-order valence-corrected chi connectivity index (χ2v) is 7.41. The van der Waals surface area contributed by atoms with Crippen LogP contribution in [0.15, 0.2) is 89.3 Å². The highest BCUT2D eigenvalue weighted by Crippen LogP contribution is 2.27. The number of amides is 1. The van der Waals surface area contributed by atoms with Gasteiger partial charge in [-0.15, -0.1) is 10.2 Å². The van der Waals surface area contributed by atoms with E-state index in [0.717, 1.165) is 22.8 Å². The van der Waals surface area contributed by atoms with Crippen LogP contribution in [0.1, 0.15) is 5.69 Å². The van der Waals surface area contributed by atoms with Crippen LogP contribution >= 0.6 is 11.8 Å². The molecule has 0 aliphatic heterocycles. The van der Waals surface area contributed by atoms with Crippen molar-refractivity contribution in [1.29, 1.82) is 0 Å².